The first-order valence-corrected chi connectivity index (χ1v) is 13.4. The number of nitrogens with zero attached hydrogens (tertiary/aromatic N) is 4. The number of carbonyl (C=O) groups excluding carboxylic acids is 2. The highest BCUT2D eigenvalue weighted by molar-refractivity contribution is 7.14. The molecule has 0 saturated carbocycles. The van der Waals surface area contributed by atoms with Gasteiger partial charge in [0.05, 0.1) is 36.9 Å². The van der Waals surface area contributed by atoms with Gasteiger partial charge in [0.25, 0.3) is 5.91 Å². The number of benzene rings is 2. The molecule has 3 aromatic rings. The molecule has 0 bridgehead atoms. The monoisotopic (exact) mass is 550 g/mol. The van der Waals surface area contributed by atoms with Crippen molar-refractivity contribution in [3.8, 4) is 17.0 Å². The summed E-state index contributed by atoms with van der Waals surface area (Å²) < 4.78 is 10.8. The largest absolute Gasteiger partial charge is 0.492 e. The van der Waals surface area contributed by atoms with Gasteiger partial charge in [-0.3, -0.25) is 15.0 Å². The maximum Gasteiger partial charge on any atom is 0.303 e. The number of hydrogen-bond donors (Lipinski definition) is 3. The maximum atomic E-state index is 13.1. The lowest BCUT2D eigenvalue weighted by Crippen LogP contribution is -2.27. The van der Waals surface area contributed by atoms with E-state index < -0.39 is 0 Å². The lowest BCUT2D eigenvalue weighted by Gasteiger charge is -2.09. The van der Waals surface area contributed by atoms with Crippen molar-refractivity contribution in [1.82, 2.24) is 10.3 Å². The Morgan fingerprint density at radius 3 is 2.72 bits per heavy atom. The highest BCUT2D eigenvalue weighted by Crippen LogP contribution is 2.30. The summed E-state index contributed by atoms with van der Waals surface area (Å²) >= 11 is 1.29. The fourth-order valence-corrected chi connectivity index (χ4v) is 4.42. The number of hydrazone groups is 2. The van der Waals surface area contributed by atoms with Crippen molar-refractivity contribution in [2.45, 2.75) is 20.3 Å². The maximum absolute atomic E-state index is 13.1. The Bertz CT molecular complexity index is 1350. The Kier molecular flexibility index (Phi) is 9.73. The highest BCUT2D eigenvalue weighted by atomic mass is 32.1. The smallest absolute Gasteiger partial charge is 0.303 e. The average molecular weight is 551 g/mol. The molecule has 4 rings (SSSR count). The van der Waals surface area contributed by atoms with Gasteiger partial charge in [-0.25, -0.2) is 4.98 Å². The minimum absolute atomic E-state index is 0.0159. The summed E-state index contributed by atoms with van der Waals surface area (Å²) in [5.74, 6) is 0.0705. The second kappa shape index (κ2) is 13.6. The fraction of sp³-hybridized carbons (Fsp3) is 0.296. The van der Waals surface area contributed by atoms with Crippen LogP contribution < -0.4 is 20.5 Å². The fourth-order valence-electron chi connectivity index (χ4n) is 3.64. The zero-order chi connectivity index (χ0) is 27.6. The van der Waals surface area contributed by atoms with Gasteiger partial charge < -0.3 is 19.9 Å². The van der Waals surface area contributed by atoms with Gasteiger partial charge in [0.15, 0.2) is 5.71 Å². The molecule has 1 aliphatic rings. The van der Waals surface area contributed by atoms with E-state index in [0.29, 0.717) is 66.3 Å². The summed E-state index contributed by atoms with van der Waals surface area (Å²) in [6, 6.07) is 14.4. The van der Waals surface area contributed by atoms with Crippen LogP contribution in [0.2, 0.25) is 0 Å². The van der Waals surface area contributed by atoms with Crippen LogP contribution in [0.25, 0.3) is 11.3 Å². The third kappa shape index (κ3) is 7.05. The van der Waals surface area contributed by atoms with Gasteiger partial charge in [-0.15, -0.1) is 11.3 Å². The molecule has 3 N–H and O–H groups in total. The minimum atomic E-state index is -0.386. The van der Waals surface area contributed by atoms with Gasteiger partial charge in [-0.05, 0) is 44.5 Å². The van der Waals surface area contributed by atoms with Crippen molar-refractivity contribution >= 4 is 45.4 Å². The molecular formula is C27H30N6O5S. The van der Waals surface area contributed by atoms with Crippen molar-refractivity contribution in [3.63, 3.8) is 0 Å². The molecule has 0 fully saturated rings. The van der Waals surface area contributed by atoms with Crippen LogP contribution in [0, 0.1) is 0 Å². The minimum Gasteiger partial charge on any atom is -0.492 e. The van der Waals surface area contributed by atoms with E-state index >= 15 is 0 Å². The van der Waals surface area contributed by atoms with E-state index in [-0.39, 0.29) is 24.1 Å². The first-order chi connectivity index (χ1) is 19.0. The Morgan fingerprint density at radius 2 is 1.95 bits per heavy atom. The van der Waals surface area contributed by atoms with E-state index in [1.54, 1.807) is 19.1 Å². The summed E-state index contributed by atoms with van der Waals surface area (Å²) in [5.41, 5.74) is 6.21. The number of anilines is 2. The van der Waals surface area contributed by atoms with Gasteiger partial charge in [0.1, 0.15) is 5.75 Å². The number of nitrogens with one attached hydrogen (secondary N) is 2. The number of amides is 2. The van der Waals surface area contributed by atoms with Gasteiger partial charge in [0, 0.05) is 29.7 Å². The van der Waals surface area contributed by atoms with Crippen LogP contribution in [0.4, 0.5) is 10.8 Å². The molecule has 1 aromatic heterocycles. The summed E-state index contributed by atoms with van der Waals surface area (Å²) in [6.07, 6.45) is 0.658. The summed E-state index contributed by atoms with van der Waals surface area (Å²) in [5, 5.41) is 23.7. The zero-order valence-electron chi connectivity index (χ0n) is 21.7. The van der Waals surface area contributed by atoms with Crippen LogP contribution in [0.3, 0.4) is 0 Å². The molecule has 0 unspecified atom stereocenters. The molecule has 2 amide bonds. The van der Waals surface area contributed by atoms with Gasteiger partial charge in [-0.1, -0.05) is 24.3 Å². The Balaban J connectivity index is 1.37. The molecule has 0 saturated heterocycles. The lowest BCUT2D eigenvalue weighted by atomic mass is 10.1. The number of aromatic nitrogens is 1. The molecular weight excluding hydrogens is 520 g/mol. The van der Waals surface area contributed by atoms with E-state index in [1.165, 1.54) is 16.3 Å². The normalized spacial score (nSPS) is 14.0. The number of thiazole rings is 1. The molecule has 12 heteroatoms. The predicted molar refractivity (Wildman–Crippen MR) is 152 cm³/mol. The van der Waals surface area contributed by atoms with Gasteiger partial charge in [-0.2, -0.15) is 15.2 Å². The Labute approximate surface area is 230 Å². The summed E-state index contributed by atoms with van der Waals surface area (Å²) in [4.78, 5) is 30.0. The first kappa shape index (κ1) is 27.9. The van der Waals surface area contributed by atoms with Crippen LogP contribution in [0.1, 0.15) is 30.6 Å². The highest BCUT2D eigenvalue weighted by Gasteiger charge is 2.32. The number of ether oxygens (including phenoxy) is 2. The second-order valence-corrected chi connectivity index (χ2v) is 9.18. The molecule has 0 aliphatic carbocycles. The van der Waals surface area contributed by atoms with Crippen molar-refractivity contribution in [1.29, 1.82) is 0 Å². The average Bonchev–Trinajstić information content (AvgIpc) is 3.54. The van der Waals surface area contributed by atoms with Crippen molar-refractivity contribution < 1.29 is 24.2 Å². The van der Waals surface area contributed by atoms with Crippen LogP contribution in [-0.4, -0.2) is 66.3 Å². The molecule has 204 valence electrons. The summed E-state index contributed by atoms with van der Waals surface area (Å²) in [7, 11) is 0. The number of para-hydroxylation sites is 2. The second-order valence-electron chi connectivity index (χ2n) is 8.34. The molecule has 0 radical (unpaired) electrons. The quantitative estimate of drug-likeness (QED) is 0.219. The van der Waals surface area contributed by atoms with Crippen LogP contribution >= 0.6 is 11.3 Å². The van der Waals surface area contributed by atoms with Gasteiger partial charge >= 0.3 is 5.91 Å². The molecule has 1 aliphatic heterocycles. The topological polar surface area (TPSA) is 138 Å². The number of aliphatic hydroxyl groups excluding tert-OH is 1. The predicted octanol–water partition coefficient (Wildman–Crippen LogP) is 3.53. The number of rotatable bonds is 13. The molecule has 0 atom stereocenters. The molecule has 0 spiro atoms. The first-order valence-electron chi connectivity index (χ1n) is 12.5. The number of hydrogen-bond acceptors (Lipinski definition) is 10. The van der Waals surface area contributed by atoms with E-state index in [2.05, 4.69) is 25.9 Å². The number of aliphatic hydroxyl groups is 1. The van der Waals surface area contributed by atoms with Gasteiger partial charge in [0.2, 0.25) is 5.13 Å². The molecule has 39 heavy (non-hydrogen) atoms. The molecule has 11 nitrogen and oxygen atoms in total. The van der Waals surface area contributed by atoms with Crippen LogP contribution in [-0.2, 0) is 9.53 Å². The third-order valence-corrected chi connectivity index (χ3v) is 6.38. The molecule has 2 aromatic carbocycles. The lowest BCUT2D eigenvalue weighted by molar-refractivity contribution is -0.112. The zero-order valence-corrected chi connectivity index (χ0v) is 22.5. The van der Waals surface area contributed by atoms with Crippen molar-refractivity contribution in [3.05, 3.63) is 59.5 Å². The Morgan fingerprint density at radius 1 is 1.15 bits per heavy atom. The number of carbonyl (C=O) groups is 2. The standard InChI is InChI=1S/C27H30N6O5S/c1-3-38-23-8-5-4-7-21(23)30-31-24-18(2)32-33(26(24)36)27-29-22(17-39-27)19-9-11-20(12-10-19)25(35)28-13-6-15-37-16-14-34/h4-5,7-12,17,30,34H,3,6,13-16H2,1-2H3,(H,28,35)/b31-24+. The molecule has 2 heterocycles. The van der Waals surface area contributed by atoms with Crippen LogP contribution in [0.15, 0.2) is 64.1 Å². The van der Waals surface area contributed by atoms with Crippen LogP contribution in [0.5, 0.6) is 5.75 Å². The van der Waals surface area contributed by atoms with E-state index in [1.807, 2.05) is 48.7 Å². The Hall–Kier alpha value is -4.13. The van der Waals surface area contributed by atoms with Crippen molar-refractivity contribution in [2.24, 2.45) is 10.2 Å². The van der Waals surface area contributed by atoms with E-state index in [0.717, 1.165) is 5.56 Å². The SMILES string of the molecule is CCOc1ccccc1N/N=C1/C(=O)N(c2nc(-c3ccc(C(=O)NCCCOCCO)cc3)cs2)N=C1C. The van der Waals surface area contributed by atoms with E-state index in [4.69, 9.17) is 14.6 Å². The van der Waals surface area contributed by atoms with E-state index in [9.17, 15) is 9.59 Å². The third-order valence-electron chi connectivity index (χ3n) is 5.57. The van der Waals surface area contributed by atoms with Crippen molar-refractivity contribution in [2.75, 3.05) is 43.4 Å². The summed E-state index contributed by atoms with van der Waals surface area (Å²) in [6.45, 7) is 5.35.